The van der Waals surface area contributed by atoms with Crippen LogP contribution in [0.2, 0.25) is 0 Å². The fraction of sp³-hybridized carbons (Fsp3) is 0.500. The lowest BCUT2D eigenvalue weighted by molar-refractivity contribution is 0.0994. The summed E-state index contributed by atoms with van der Waals surface area (Å²) in [5.74, 6) is 1.65. The van der Waals surface area contributed by atoms with Gasteiger partial charge in [0.25, 0.3) is 0 Å². The number of ether oxygens (including phenoxy) is 2. The first-order chi connectivity index (χ1) is 12.6. The Kier molecular flexibility index (Phi) is 6.16. The number of hydrogen-bond donors (Lipinski definition) is 0. The van der Waals surface area contributed by atoms with Crippen LogP contribution in [0, 0.1) is 0 Å². The second kappa shape index (κ2) is 8.55. The van der Waals surface area contributed by atoms with Crippen LogP contribution in [0.15, 0.2) is 29.4 Å². The molecule has 1 aromatic carbocycles. The average molecular weight is 376 g/mol. The Bertz CT molecular complexity index is 741. The maximum atomic E-state index is 12.7. The zero-order valence-corrected chi connectivity index (χ0v) is 16.2. The molecule has 1 atom stereocenters. The maximum absolute atomic E-state index is 12.7. The first kappa shape index (κ1) is 18.7. The third-order valence-electron chi connectivity index (χ3n) is 4.33. The predicted octanol–water partition coefficient (Wildman–Crippen LogP) is 2.51. The number of nitrogens with zero attached hydrogens (tertiary/aromatic N) is 4. The summed E-state index contributed by atoms with van der Waals surface area (Å²) in [6.07, 6.45) is 0. The quantitative estimate of drug-likeness (QED) is 0.543. The smallest absolute Gasteiger partial charge is 0.228 e. The largest absolute Gasteiger partial charge is 0.497 e. The molecule has 0 spiro atoms. The van der Waals surface area contributed by atoms with E-state index in [2.05, 4.69) is 26.6 Å². The van der Waals surface area contributed by atoms with Crippen LogP contribution in [0.25, 0.3) is 0 Å². The first-order valence-electron chi connectivity index (χ1n) is 8.74. The van der Waals surface area contributed by atoms with Crippen molar-refractivity contribution in [2.24, 2.45) is 0 Å². The highest BCUT2D eigenvalue weighted by molar-refractivity contribution is 8.00. The predicted molar refractivity (Wildman–Crippen MR) is 101 cm³/mol. The normalized spacial score (nSPS) is 15.7. The molecule has 7 nitrogen and oxygen atoms in total. The number of aromatic nitrogens is 3. The molecule has 1 aliphatic rings. The molecule has 8 heteroatoms. The van der Waals surface area contributed by atoms with Crippen LogP contribution < -0.4 is 9.64 Å². The molecule has 26 heavy (non-hydrogen) atoms. The molecular weight excluding hydrogens is 352 g/mol. The molecule has 0 aliphatic carbocycles. The fourth-order valence-corrected chi connectivity index (χ4v) is 3.83. The van der Waals surface area contributed by atoms with Crippen molar-refractivity contribution in [3.63, 3.8) is 0 Å². The van der Waals surface area contributed by atoms with Gasteiger partial charge in [0.1, 0.15) is 5.75 Å². The second-order valence-corrected chi connectivity index (χ2v) is 7.29. The van der Waals surface area contributed by atoms with E-state index in [4.69, 9.17) is 9.47 Å². The van der Waals surface area contributed by atoms with Crippen molar-refractivity contribution in [2.45, 2.75) is 30.8 Å². The summed E-state index contributed by atoms with van der Waals surface area (Å²) >= 11 is 1.44. The van der Waals surface area contributed by atoms with E-state index >= 15 is 0 Å². The van der Waals surface area contributed by atoms with Gasteiger partial charge in [-0.05, 0) is 38.1 Å². The van der Waals surface area contributed by atoms with Crippen LogP contribution in [0.3, 0.4) is 0 Å². The Labute approximate surface area is 157 Å². The second-order valence-electron chi connectivity index (χ2n) is 5.98. The standard InChI is InChI=1S/C18H24N4O3S/c1-4-22-17(21-9-11-25-12-10-21)19-20-18(22)26-13(2)16(23)14-5-7-15(24-3)8-6-14/h5-8,13H,4,9-12H2,1-3H3/t13-/m1/s1. The van der Waals surface area contributed by atoms with Gasteiger partial charge in [-0.3, -0.25) is 9.36 Å². The molecule has 0 N–H and O–H groups in total. The van der Waals surface area contributed by atoms with Gasteiger partial charge in [-0.1, -0.05) is 11.8 Å². The van der Waals surface area contributed by atoms with Gasteiger partial charge in [-0.2, -0.15) is 0 Å². The monoisotopic (exact) mass is 376 g/mol. The molecule has 1 saturated heterocycles. The van der Waals surface area contributed by atoms with Gasteiger partial charge in [0.2, 0.25) is 5.95 Å². The van der Waals surface area contributed by atoms with Crippen molar-refractivity contribution in [1.29, 1.82) is 0 Å². The number of Topliss-reactive ketones (excluding diaryl/α,β-unsaturated/α-hetero) is 1. The molecule has 0 unspecified atom stereocenters. The molecule has 140 valence electrons. The summed E-state index contributed by atoms with van der Waals surface area (Å²) in [4.78, 5) is 14.9. The lowest BCUT2D eigenvalue weighted by Crippen LogP contribution is -2.38. The molecule has 0 saturated carbocycles. The van der Waals surface area contributed by atoms with E-state index < -0.39 is 0 Å². The molecule has 1 aromatic heterocycles. The minimum absolute atomic E-state index is 0.0660. The fourth-order valence-electron chi connectivity index (χ4n) is 2.84. The van der Waals surface area contributed by atoms with Crippen molar-refractivity contribution in [3.05, 3.63) is 29.8 Å². The summed E-state index contributed by atoms with van der Waals surface area (Å²) in [6.45, 7) is 7.74. The molecule has 1 aliphatic heterocycles. The summed E-state index contributed by atoms with van der Waals surface area (Å²) in [6, 6.07) is 7.19. The van der Waals surface area contributed by atoms with E-state index in [1.54, 1.807) is 31.4 Å². The molecule has 1 fully saturated rings. The van der Waals surface area contributed by atoms with Gasteiger partial charge in [0, 0.05) is 25.2 Å². The van der Waals surface area contributed by atoms with Crippen LogP contribution in [-0.4, -0.2) is 59.2 Å². The Morgan fingerprint density at radius 3 is 2.58 bits per heavy atom. The Morgan fingerprint density at radius 2 is 1.96 bits per heavy atom. The van der Waals surface area contributed by atoms with Crippen LogP contribution in [0.1, 0.15) is 24.2 Å². The van der Waals surface area contributed by atoms with E-state index in [0.29, 0.717) is 18.8 Å². The number of thioether (sulfide) groups is 1. The van der Waals surface area contributed by atoms with Crippen LogP contribution in [0.4, 0.5) is 5.95 Å². The number of morpholine rings is 1. The van der Waals surface area contributed by atoms with Crippen molar-refractivity contribution in [1.82, 2.24) is 14.8 Å². The molecule has 0 amide bonds. The van der Waals surface area contributed by atoms with Crippen molar-refractivity contribution in [2.75, 3.05) is 38.3 Å². The lowest BCUT2D eigenvalue weighted by atomic mass is 10.1. The summed E-state index contributed by atoms with van der Waals surface area (Å²) in [7, 11) is 1.61. The van der Waals surface area contributed by atoms with Gasteiger partial charge < -0.3 is 14.4 Å². The highest BCUT2D eigenvalue weighted by Crippen LogP contribution is 2.28. The van der Waals surface area contributed by atoms with Gasteiger partial charge >= 0.3 is 0 Å². The van der Waals surface area contributed by atoms with Crippen LogP contribution in [0.5, 0.6) is 5.75 Å². The first-order valence-corrected chi connectivity index (χ1v) is 9.62. The summed E-state index contributed by atoms with van der Waals surface area (Å²) < 4.78 is 12.6. The summed E-state index contributed by atoms with van der Waals surface area (Å²) in [5.41, 5.74) is 0.668. The molecule has 0 radical (unpaired) electrons. The number of benzene rings is 1. The van der Waals surface area contributed by atoms with Crippen LogP contribution in [-0.2, 0) is 11.3 Å². The van der Waals surface area contributed by atoms with Crippen LogP contribution >= 0.6 is 11.8 Å². The number of anilines is 1. The van der Waals surface area contributed by atoms with E-state index in [1.165, 1.54) is 11.8 Å². The summed E-state index contributed by atoms with van der Waals surface area (Å²) in [5, 5.41) is 9.19. The molecular formula is C18H24N4O3S. The highest BCUT2D eigenvalue weighted by atomic mass is 32.2. The minimum atomic E-state index is -0.254. The third kappa shape index (κ3) is 4.02. The topological polar surface area (TPSA) is 69.5 Å². The van der Waals surface area contributed by atoms with Gasteiger partial charge in [-0.25, -0.2) is 0 Å². The Morgan fingerprint density at radius 1 is 1.27 bits per heavy atom. The van der Waals surface area contributed by atoms with E-state index in [9.17, 15) is 4.79 Å². The molecule has 0 bridgehead atoms. The maximum Gasteiger partial charge on any atom is 0.228 e. The SMILES string of the molecule is CCn1c(S[C@H](C)C(=O)c2ccc(OC)cc2)nnc1N1CCOCC1. The Balaban J connectivity index is 1.72. The zero-order valence-electron chi connectivity index (χ0n) is 15.3. The van der Waals surface area contributed by atoms with Gasteiger partial charge in [0.15, 0.2) is 10.9 Å². The average Bonchev–Trinajstić information content (AvgIpc) is 3.10. The molecule has 3 rings (SSSR count). The van der Waals surface area contributed by atoms with Crippen molar-refractivity contribution in [3.8, 4) is 5.75 Å². The van der Waals surface area contributed by atoms with Gasteiger partial charge in [-0.15, -0.1) is 10.2 Å². The zero-order chi connectivity index (χ0) is 18.5. The highest BCUT2D eigenvalue weighted by Gasteiger charge is 2.23. The minimum Gasteiger partial charge on any atom is -0.497 e. The third-order valence-corrected chi connectivity index (χ3v) is 5.41. The van der Waals surface area contributed by atoms with E-state index in [1.807, 2.05) is 6.92 Å². The van der Waals surface area contributed by atoms with Gasteiger partial charge in [0.05, 0.1) is 25.6 Å². The Hall–Kier alpha value is -2.06. The number of methoxy groups -OCH3 is 1. The van der Waals surface area contributed by atoms with Crippen molar-refractivity contribution >= 4 is 23.5 Å². The number of rotatable bonds is 7. The van der Waals surface area contributed by atoms with Crippen molar-refractivity contribution < 1.29 is 14.3 Å². The number of carbonyl (C=O) groups excluding carboxylic acids is 1. The number of carbonyl (C=O) groups is 1. The molecule has 2 aromatic rings. The number of hydrogen-bond acceptors (Lipinski definition) is 7. The lowest BCUT2D eigenvalue weighted by Gasteiger charge is -2.27. The molecule has 2 heterocycles. The number of ketones is 1. The van der Waals surface area contributed by atoms with E-state index in [0.717, 1.165) is 36.5 Å². The van der Waals surface area contributed by atoms with E-state index in [-0.39, 0.29) is 11.0 Å².